The molecule has 0 aliphatic carbocycles. The highest BCUT2D eigenvalue weighted by Gasteiger charge is 2.31. The zero-order valence-electron chi connectivity index (χ0n) is 11.0. The first-order valence-corrected chi connectivity index (χ1v) is 6.80. The van der Waals surface area contributed by atoms with Crippen LogP contribution in [0.5, 0.6) is 5.75 Å². The van der Waals surface area contributed by atoms with Crippen molar-refractivity contribution < 1.29 is 17.9 Å². The predicted molar refractivity (Wildman–Crippen MR) is 73.1 cm³/mol. The molecule has 0 amide bonds. The summed E-state index contributed by atoms with van der Waals surface area (Å²) in [5.41, 5.74) is 0.732. The van der Waals surface area contributed by atoms with Crippen LogP contribution in [0.4, 0.5) is 13.2 Å². The highest BCUT2D eigenvalue weighted by Crippen LogP contribution is 2.31. The molecule has 108 valence electrons. The minimum Gasteiger partial charge on any atom is -0.406 e. The summed E-state index contributed by atoms with van der Waals surface area (Å²) in [5, 5.41) is 3.11. The molecule has 2 aromatic rings. The fraction of sp³-hybridized carbons (Fsp3) is 0.286. The van der Waals surface area contributed by atoms with Crippen LogP contribution in [0, 0.1) is 6.92 Å². The zero-order valence-corrected chi connectivity index (χ0v) is 11.8. The van der Waals surface area contributed by atoms with Crippen LogP contribution in [0.2, 0.25) is 0 Å². The van der Waals surface area contributed by atoms with Crippen molar-refractivity contribution in [1.82, 2.24) is 5.32 Å². The molecule has 2 nitrogen and oxygen atoms in total. The molecule has 0 bridgehead atoms. The van der Waals surface area contributed by atoms with Crippen molar-refractivity contribution in [1.29, 1.82) is 0 Å². The first kappa shape index (κ1) is 14.9. The van der Waals surface area contributed by atoms with Crippen molar-refractivity contribution in [3.63, 3.8) is 0 Å². The molecule has 0 radical (unpaired) electrons. The minimum absolute atomic E-state index is 0.148. The van der Waals surface area contributed by atoms with Gasteiger partial charge in [-0.15, -0.1) is 24.5 Å². The van der Waals surface area contributed by atoms with Crippen LogP contribution in [0.25, 0.3) is 0 Å². The number of hydrogen-bond acceptors (Lipinski definition) is 3. The van der Waals surface area contributed by atoms with Crippen LogP contribution in [0.1, 0.15) is 21.4 Å². The van der Waals surface area contributed by atoms with Gasteiger partial charge in [-0.25, -0.2) is 0 Å². The van der Waals surface area contributed by atoms with Crippen molar-refractivity contribution in [2.45, 2.75) is 19.3 Å². The summed E-state index contributed by atoms with van der Waals surface area (Å²) >= 11 is 1.61. The molecular formula is C14H14F3NOS. The van der Waals surface area contributed by atoms with Gasteiger partial charge in [-0.1, -0.05) is 12.1 Å². The number of halogens is 3. The van der Waals surface area contributed by atoms with Gasteiger partial charge in [0.2, 0.25) is 0 Å². The molecule has 1 heterocycles. The molecule has 0 saturated heterocycles. The van der Waals surface area contributed by atoms with Crippen molar-refractivity contribution >= 4 is 11.3 Å². The van der Waals surface area contributed by atoms with E-state index < -0.39 is 6.36 Å². The van der Waals surface area contributed by atoms with Crippen LogP contribution < -0.4 is 10.1 Å². The SMILES string of the molecule is CNC(c1cccc(OC(F)(F)F)c1)c1ccc(C)s1. The van der Waals surface area contributed by atoms with Crippen molar-refractivity contribution in [3.05, 3.63) is 51.7 Å². The fourth-order valence-electron chi connectivity index (χ4n) is 1.97. The van der Waals surface area contributed by atoms with Crippen LogP contribution in [0.15, 0.2) is 36.4 Å². The standard InChI is InChI=1S/C14H14F3NOS/c1-9-6-7-12(20-9)13(18-2)10-4-3-5-11(8-10)19-14(15,16)17/h3-8,13,18H,1-2H3. The van der Waals surface area contributed by atoms with E-state index in [-0.39, 0.29) is 11.8 Å². The summed E-state index contributed by atoms with van der Waals surface area (Å²) in [5.74, 6) is -0.205. The predicted octanol–water partition coefficient (Wildman–Crippen LogP) is 4.26. The van der Waals surface area contributed by atoms with Gasteiger partial charge in [0.05, 0.1) is 6.04 Å². The minimum atomic E-state index is -4.67. The topological polar surface area (TPSA) is 21.3 Å². The molecule has 0 aliphatic rings. The Bertz CT molecular complexity index is 580. The summed E-state index contributed by atoms with van der Waals surface area (Å²) < 4.78 is 40.7. The number of aryl methyl sites for hydroxylation is 1. The molecule has 0 saturated carbocycles. The third kappa shape index (κ3) is 3.74. The first-order chi connectivity index (χ1) is 9.39. The number of nitrogens with one attached hydrogen (secondary N) is 1. The molecular weight excluding hydrogens is 287 g/mol. The average Bonchev–Trinajstić information content (AvgIpc) is 2.75. The van der Waals surface area contributed by atoms with E-state index >= 15 is 0 Å². The van der Waals surface area contributed by atoms with Crippen molar-refractivity contribution in [2.24, 2.45) is 0 Å². The van der Waals surface area contributed by atoms with Crippen LogP contribution in [-0.4, -0.2) is 13.4 Å². The Hall–Kier alpha value is -1.53. The van der Waals surface area contributed by atoms with Gasteiger partial charge < -0.3 is 10.1 Å². The molecule has 1 N–H and O–H groups in total. The summed E-state index contributed by atoms with van der Waals surface area (Å²) in [4.78, 5) is 2.21. The summed E-state index contributed by atoms with van der Waals surface area (Å²) in [6.45, 7) is 1.99. The number of ether oxygens (including phenoxy) is 1. The maximum Gasteiger partial charge on any atom is 0.573 e. The van der Waals surface area contributed by atoms with E-state index in [1.165, 1.54) is 12.1 Å². The van der Waals surface area contributed by atoms with Crippen molar-refractivity contribution in [3.8, 4) is 5.75 Å². The van der Waals surface area contributed by atoms with Gasteiger partial charge in [0.25, 0.3) is 0 Å². The molecule has 1 unspecified atom stereocenters. The van der Waals surface area contributed by atoms with E-state index in [4.69, 9.17) is 0 Å². The molecule has 0 fully saturated rings. The molecule has 6 heteroatoms. The van der Waals surface area contributed by atoms with E-state index in [1.54, 1.807) is 30.5 Å². The lowest BCUT2D eigenvalue weighted by Gasteiger charge is -2.16. The molecule has 0 aliphatic heterocycles. The second kappa shape index (κ2) is 5.85. The molecule has 0 spiro atoms. The Labute approximate surface area is 119 Å². The Morgan fingerprint density at radius 2 is 1.95 bits per heavy atom. The molecule has 1 atom stereocenters. The second-order valence-corrected chi connectivity index (χ2v) is 5.61. The normalized spacial score (nSPS) is 13.2. The van der Waals surface area contributed by atoms with Crippen LogP contribution >= 0.6 is 11.3 Å². The van der Waals surface area contributed by atoms with Gasteiger partial charge in [0.1, 0.15) is 5.75 Å². The average molecular weight is 301 g/mol. The van der Waals surface area contributed by atoms with Crippen molar-refractivity contribution in [2.75, 3.05) is 7.05 Å². The van der Waals surface area contributed by atoms with E-state index in [2.05, 4.69) is 10.1 Å². The molecule has 20 heavy (non-hydrogen) atoms. The van der Waals surface area contributed by atoms with Gasteiger partial charge in [-0.05, 0) is 43.8 Å². The Morgan fingerprint density at radius 1 is 1.20 bits per heavy atom. The molecule has 2 rings (SSSR count). The molecule has 1 aromatic heterocycles. The largest absolute Gasteiger partial charge is 0.573 e. The fourth-order valence-corrected chi connectivity index (χ4v) is 2.99. The third-order valence-electron chi connectivity index (χ3n) is 2.76. The monoisotopic (exact) mass is 301 g/mol. The number of benzene rings is 1. The lowest BCUT2D eigenvalue weighted by atomic mass is 10.1. The highest BCUT2D eigenvalue weighted by molar-refractivity contribution is 7.12. The van der Waals surface area contributed by atoms with Crippen LogP contribution in [0.3, 0.4) is 0 Å². The number of rotatable bonds is 4. The summed E-state index contributed by atoms with van der Waals surface area (Å²) in [6, 6.07) is 9.84. The lowest BCUT2D eigenvalue weighted by molar-refractivity contribution is -0.274. The summed E-state index contributed by atoms with van der Waals surface area (Å²) in [7, 11) is 1.77. The van der Waals surface area contributed by atoms with Crippen LogP contribution in [-0.2, 0) is 0 Å². The molecule has 1 aromatic carbocycles. The van der Waals surface area contributed by atoms with E-state index in [9.17, 15) is 13.2 Å². The van der Waals surface area contributed by atoms with Gasteiger partial charge in [0, 0.05) is 9.75 Å². The van der Waals surface area contributed by atoms with E-state index in [0.717, 1.165) is 15.3 Å². The maximum absolute atomic E-state index is 12.2. The summed E-state index contributed by atoms with van der Waals surface area (Å²) in [6.07, 6.45) is -4.67. The highest BCUT2D eigenvalue weighted by atomic mass is 32.1. The Morgan fingerprint density at radius 3 is 2.50 bits per heavy atom. The van der Waals surface area contributed by atoms with Gasteiger partial charge in [0.15, 0.2) is 0 Å². The second-order valence-electron chi connectivity index (χ2n) is 4.29. The lowest BCUT2D eigenvalue weighted by Crippen LogP contribution is -2.19. The number of alkyl halides is 3. The van der Waals surface area contributed by atoms with Gasteiger partial charge in [-0.3, -0.25) is 0 Å². The zero-order chi connectivity index (χ0) is 14.8. The Kier molecular flexibility index (Phi) is 4.35. The number of hydrogen-bond donors (Lipinski definition) is 1. The third-order valence-corrected chi connectivity index (χ3v) is 3.82. The number of thiophene rings is 1. The smallest absolute Gasteiger partial charge is 0.406 e. The first-order valence-electron chi connectivity index (χ1n) is 5.98. The Balaban J connectivity index is 2.29. The van der Waals surface area contributed by atoms with Gasteiger partial charge >= 0.3 is 6.36 Å². The van der Waals surface area contributed by atoms with E-state index in [0.29, 0.717) is 0 Å². The maximum atomic E-state index is 12.2. The quantitative estimate of drug-likeness (QED) is 0.911. The van der Waals surface area contributed by atoms with E-state index in [1.807, 2.05) is 19.1 Å². The van der Waals surface area contributed by atoms with Gasteiger partial charge in [-0.2, -0.15) is 0 Å².